The van der Waals surface area contributed by atoms with Crippen molar-refractivity contribution >= 4 is 22.1 Å². The Labute approximate surface area is 177 Å². The molecule has 3 nitrogen and oxygen atoms in total. The van der Waals surface area contributed by atoms with Crippen molar-refractivity contribution in [3.8, 4) is 5.75 Å². The molecule has 0 aromatic heterocycles. The van der Waals surface area contributed by atoms with Gasteiger partial charge < -0.3 is 15.0 Å². The first-order valence-corrected chi connectivity index (χ1v) is 10.6. The lowest BCUT2D eigenvalue weighted by Gasteiger charge is -2.37. The van der Waals surface area contributed by atoms with Crippen LogP contribution in [-0.4, -0.2) is 19.2 Å². The van der Waals surface area contributed by atoms with Gasteiger partial charge in [-0.25, -0.2) is 0 Å². The Morgan fingerprint density at radius 1 is 0.867 bits per heavy atom. The minimum absolute atomic E-state index is 0.0672. The molecule has 0 saturated heterocycles. The number of para-hydroxylation sites is 3. The van der Waals surface area contributed by atoms with Crippen molar-refractivity contribution in [2.45, 2.75) is 19.1 Å². The van der Waals surface area contributed by atoms with Gasteiger partial charge in [0.15, 0.2) is 0 Å². The fraction of sp³-hybridized carbons (Fsp3) is 0.185. The van der Waals surface area contributed by atoms with Gasteiger partial charge in [-0.1, -0.05) is 72.8 Å². The summed E-state index contributed by atoms with van der Waals surface area (Å²) in [5.41, 5.74) is 3.65. The molecule has 0 spiro atoms. The molecule has 0 bridgehead atoms. The van der Waals surface area contributed by atoms with Gasteiger partial charge in [0.1, 0.15) is 11.9 Å². The Morgan fingerprint density at radius 2 is 1.60 bits per heavy atom. The van der Waals surface area contributed by atoms with Gasteiger partial charge in [-0.3, -0.25) is 0 Å². The van der Waals surface area contributed by atoms with Crippen molar-refractivity contribution < 1.29 is 4.74 Å². The van der Waals surface area contributed by atoms with Crippen LogP contribution in [0.1, 0.15) is 18.5 Å². The topological polar surface area (TPSA) is 24.5 Å². The third-order valence-corrected chi connectivity index (χ3v) is 5.85. The second-order valence-corrected chi connectivity index (χ2v) is 7.85. The highest BCUT2D eigenvalue weighted by atomic mass is 16.5. The van der Waals surface area contributed by atoms with Gasteiger partial charge in [0.25, 0.3) is 0 Å². The van der Waals surface area contributed by atoms with E-state index < -0.39 is 0 Å². The lowest BCUT2D eigenvalue weighted by Crippen LogP contribution is -2.43. The molecule has 30 heavy (non-hydrogen) atoms. The molecule has 4 aromatic carbocycles. The van der Waals surface area contributed by atoms with E-state index in [2.05, 4.69) is 108 Å². The van der Waals surface area contributed by atoms with Crippen molar-refractivity contribution in [2.24, 2.45) is 0 Å². The molecule has 0 aliphatic carbocycles. The average molecular weight is 395 g/mol. The maximum Gasteiger partial charge on any atom is 0.143 e. The number of hydrogen-bond acceptors (Lipinski definition) is 3. The Balaban J connectivity index is 1.35. The van der Waals surface area contributed by atoms with Crippen LogP contribution in [0, 0.1) is 0 Å². The van der Waals surface area contributed by atoms with E-state index in [9.17, 15) is 0 Å². The molecule has 2 atom stereocenters. The second-order valence-electron chi connectivity index (χ2n) is 7.85. The van der Waals surface area contributed by atoms with Crippen LogP contribution in [0.2, 0.25) is 0 Å². The molecule has 0 fully saturated rings. The Hall–Kier alpha value is -3.30. The fourth-order valence-corrected chi connectivity index (χ4v) is 4.30. The van der Waals surface area contributed by atoms with Crippen molar-refractivity contribution in [3.63, 3.8) is 0 Å². The van der Waals surface area contributed by atoms with E-state index in [0.29, 0.717) is 0 Å². The molecule has 0 radical (unpaired) electrons. The molecule has 1 aliphatic heterocycles. The Bertz CT molecular complexity index is 1140. The Morgan fingerprint density at radius 3 is 2.50 bits per heavy atom. The van der Waals surface area contributed by atoms with E-state index in [1.807, 2.05) is 6.07 Å². The van der Waals surface area contributed by atoms with Crippen LogP contribution in [-0.2, 0) is 0 Å². The van der Waals surface area contributed by atoms with Crippen LogP contribution in [0.4, 0.5) is 11.4 Å². The monoisotopic (exact) mass is 394 g/mol. The lowest BCUT2D eigenvalue weighted by atomic mass is 9.99. The largest absolute Gasteiger partial charge is 0.485 e. The van der Waals surface area contributed by atoms with Crippen LogP contribution in [0.25, 0.3) is 10.8 Å². The highest BCUT2D eigenvalue weighted by Gasteiger charge is 2.26. The maximum absolute atomic E-state index is 6.35. The number of benzene rings is 4. The standard InChI is InChI=1S/C27H26N2O/c1-20(24-15-9-11-21-10-5-6-14-25(21)24)28-18-23-19-29(22-12-3-2-4-13-22)26-16-7-8-17-27(26)30-23/h2-17,20,23,28H,18-19H2,1H3/t20-,23?/m1/s1. The number of anilines is 2. The van der Waals surface area contributed by atoms with Crippen LogP contribution in [0.5, 0.6) is 5.75 Å². The average Bonchev–Trinajstić information content (AvgIpc) is 2.82. The van der Waals surface area contributed by atoms with E-state index in [1.165, 1.54) is 22.0 Å². The van der Waals surface area contributed by atoms with E-state index in [0.717, 1.165) is 24.5 Å². The summed E-state index contributed by atoms with van der Waals surface area (Å²) in [5, 5.41) is 6.30. The summed E-state index contributed by atoms with van der Waals surface area (Å²) in [7, 11) is 0. The summed E-state index contributed by atoms with van der Waals surface area (Å²) >= 11 is 0. The highest BCUT2D eigenvalue weighted by Crippen LogP contribution is 2.37. The van der Waals surface area contributed by atoms with Crippen molar-refractivity contribution in [1.29, 1.82) is 0 Å². The molecule has 0 amide bonds. The number of ether oxygens (including phenoxy) is 1. The number of fused-ring (bicyclic) bond motifs is 2. The summed E-state index contributed by atoms with van der Waals surface area (Å²) in [4.78, 5) is 2.35. The van der Waals surface area contributed by atoms with Crippen molar-refractivity contribution in [3.05, 3.63) is 103 Å². The molecule has 150 valence electrons. The van der Waals surface area contributed by atoms with Gasteiger partial charge in [0, 0.05) is 18.3 Å². The first-order valence-electron chi connectivity index (χ1n) is 10.6. The van der Waals surface area contributed by atoms with Gasteiger partial charge in [-0.2, -0.15) is 0 Å². The summed E-state index contributed by atoms with van der Waals surface area (Å²) in [6, 6.07) is 34.2. The third kappa shape index (κ3) is 3.64. The molecular formula is C27H26N2O. The Kier molecular flexibility index (Phi) is 5.12. The van der Waals surface area contributed by atoms with Gasteiger partial charge in [-0.05, 0) is 47.5 Å². The zero-order valence-corrected chi connectivity index (χ0v) is 17.2. The predicted octanol–water partition coefficient (Wildman–Crippen LogP) is 6.09. The van der Waals surface area contributed by atoms with Crippen LogP contribution >= 0.6 is 0 Å². The SMILES string of the molecule is C[C@@H](NCC1CN(c2ccccc2)c2ccccc2O1)c1cccc2ccccc12. The summed E-state index contributed by atoms with van der Waals surface area (Å²) in [5.74, 6) is 0.942. The molecule has 1 heterocycles. The molecule has 1 aliphatic rings. The van der Waals surface area contributed by atoms with E-state index in [-0.39, 0.29) is 12.1 Å². The summed E-state index contributed by atoms with van der Waals surface area (Å²) in [6.45, 7) is 3.83. The van der Waals surface area contributed by atoms with E-state index >= 15 is 0 Å². The molecule has 4 aromatic rings. The van der Waals surface area contributed by atoms with Crippen LogP contribution in [0.15, 0.2) is 97.1 Å². The van der Waals surface area contributed by atoms with Gasteiger partial charge in [0.2, 0.25) is 0 Å². The minimum atomic E-state index is 0.0672. The normalized spacial score (nSPS) is 16.7. The smallest absolute Gasteiger partial charge is 0.143 e. The number of nitrogens with one attached hydrogen (secondary N) is 1. The first-order chi connectivity index (χ1) is 14.8. The summed E-state index contributed by atoms with van der Waals surface area (Å²) in [6.07, 6.45) is 0.0672. The molecular weight excluding hydrogens is 368 g/mol. The highest BCUT2D eigenvalue weighted by molar-refractivity contribution is 5.86. The van der Waals surface area contributed by atoms with Crippen molar-refractivity contribution in [1.82, 2.24) is 5.32 Å². The first kappa shape index (κ1) is 18.7. The number of rotatable bonds is 5. The molecule has 3 heteroatoms. The zero-order chi connectivity index (χ0) is 20.3. The fourth-order valence-electron chi connectivity index (χ4n) is 4.30. The number of nitrogens with zero attached hydrogens (tertiary/aromatic N) is 1. The lowest BCUT2D eigenvalue weighted by molar-refractivity contribution is 0.190. The van der Waals surface area contributed by atoms with Gasteiger partial charge in [-0.15, -0.1) is 0 Å². The summed E-state index contributed by atoms with van der Waals surface area (Å²) < 4.78 is 6.35. The van der Waals surface area contributed by atoms with E-state index in [4.69, 9.17) is 4.74 Å². The van der Waals surface area contributed by atoms with Crippen LogP contribution in [0.3, 0.4) is 0 Å². The third-order valence-electron chi connectivity index (χ3n) is 5.85. The maximum atomic E-state index is 6.35. The van der Waals surface area contributed by atoms with Gasteiger partial charge in [0.05, 0.1) is 12.2 Å². The molecule has 1 unspecified atom stereocenters. The number of hydrogen-bond donors (Lipinski definition) is 1. The minimum Gasteiger partial charge on any atom is -0.485 e. The molecule has 0 saturated carbocycles. The molecule has 5 rings (SSSR count). The molecule has 1 N–H and O–H groups in total. The predicted molar refractivity (Wildman–Crippen MR) is 125 cm³/mol. The van der Waals surface area contributed by atoms with Gasteiger partial charge >= 0.3 is 0 Å². The second kappa shape index (κ2) is 8.21. The van der Waals surface area contributed by atoms with Crippen molar-refractivity contribution in [2.75, 3.05) is 18.0 Å². The quantitative estimate of drug-likeness (QED) is 0.443. The van der Waals surface area contributed by atoms with Crippen LogP contribution < -0.4 is 15.0 Å². The van der Waals surface area contributed by atoms with E-state index in [1.54, 1.807) is 0 Å². The zero-order valence-electron chi connectivity index (χ0n) is 17.2.